The van der Waals surface area contributed by atoms with Crippen LogP contribution in [0.15, 0.2) is 59.7 Å². The van der Waals surface area contributed by atoms with E-state index in [2.05, 4.69) is 32.3 Å². The van der Waals surface area contributed by atoms with Crippen LogP contribution in [0.25, 0.3) is 11.6 Å². The maximum absolute atomic E-state index is 12.3. The highest BCUT2D eigenvalue weighted by Gasteiger charge is 2.16. The van der Waals surface area contributed by atoms with Crippen molar-refractivity contribution in [3.05, 3.63) is 77.0 Å². The lowest BCUT2D eigenvalue weighted by Gasteiger charge is -2.11. The number of hydrogen-bond donors (Lipinski definition) is 2. The summed E-state index contributed by atoms with van der Waals surface area (Å²) < 4.78 is 5.09. The first-order chi connectivity index (χ1) is 15.9. The summed E-state index contributed by atoms with van der Waals surface area (Å²) in [5.41, 5.74) is 4.78. The molecule has 1 aromatic heterocycles. The highest BCUT2D eigenvalue weighted by Crippen LogP contribution is 2.27. The molecule has 0 saturated carbocycles. The van der Waals surface area contributed by atoms with E-state index in [0.717, 1.165) is 22.3 Å². The van der Waals surface area contributed by atoms with E-state index < -0.39 is 11.9 Å². The zero-order valence-corrected chi connectivity index (χ0v) is 18.8. The number of hydrogen-bond acceptors (Lipinski definition) is 7. The van der Waals surface area contributed by atoms with Gasteiger partial charge < -0.3 is 15.4 Å². The second kappa shape index (κ2) is 10.8. The number of esters is 1. The highest BCUT2D eigenvalue weighted by atomic mass is 16.5. The normalized spacial score (nSPS) is 10.9. The van der Waals surface area contributed by atoms with Crippen LogP contribution in [0.3, 0.4) is 0 Å². The van der Waals surface area contributed by atoms with E-state index >= 15 is 0 Å². The van der Waals surface area contributed by atoms with Gasteiger partial charge in [-0.1, -0.05) is 36.4 Å². The average molecular weight is 444 g/mol. The van der Waals surface area contributed by atoms with Crippen LogP contribution in [0.1, 0.15) is 29.2 Å². The Labute approximate surface area is 192 Å². The van der Waals surface area contributed by atoms with Crippen LogP contribution < -0.4 is 10.6 Å². The molecule has 33 heavy (non-hydrogen) atoms. The molecule has 2 aromatic carbocycles. The number of benzene rings is 2. The molecule has 0 radical (unpaired) electrons. The summed E-state index contributed by atoms with van der Waals surface area (Å²) in [5, 5.41) is 5.47. The first kappa shape index (κ1) is 23.3. The molecule has 8 nitrogen and oxygen atoms in total. The van der Waals surface area contributed by atoms with E-state index in [0.29, 0.717) is 23.0 Å². The molecule has 0 unspecified atom stereocenters. The average Bonchev–Trinajstić information content (AvgIpc) is 2.84. The third-order valence-corrected chi connectivity index (χ3v) is 4.86. The first-order valence-electron chi connectivity index (χ1n) is 10.2. The smallest absolute Gasteiger partial charge is 0.397 e. The van der Waals surface area contributed by atoms with Crippen LogP contribution in [-0.4, -0.2) is 35.6 Å². The van der Waals surface area contributed by atoms with Gasteiger partial charge in [0.15, 0.2) is 5.82 Å². The Morgan fingerprint density at radius 2 is 1.94 bits per heavy atom. The number of carbonyl (C=O) groups excluding carboxylic acids is 2. The molecular formula is C25H25N5O3. The number of nitrogens with one attached hydrogen (secondary N) is 2. The van der Waals surface area contributed by atoms with Gasteiger partial charge in [-0.3, -0.25) is 4.79 Å². The first-order valence-corrected chi connectivity index (χ1v) is 10.2. The van der Waals surface area contributed by atoms with Gasteiger partial charge in [0.25, 0.3) is 0 Å². The summed E-state index contributed by atoms with van der Waals surface area (Å²) in [6.45, 7) is 7.49. The van der Waals surface area contributed by atoms with Crippen LogP contribution in [0.4, 0.5) is 17.5 Å². The molecule has 0 fully saturated rings. The number of ether oxygens (including phenoxy) is 1. The van der Waals surface area contributed by atoms with E-state index in [1.54, 1.807) is 25.4 Å². The number of rotatable bonds is 7. The van der Waals surface area contributed by atoms with Crippen LogP contribution >= 0.6 is 0 Å². The van der Waals surface area contributed by atoms with Gasteiger partial charge in [-0.05, 0) is 61.0 Å². The molecule has 3 aromatic rings. The molecule has 8 heteroatoms. The standard InChI is InChI=1S/C25H25N5O3/c1-16-10-11-20(29-23(31)24(32)33-15-18-8-6-5-7-9-18)13-21(16)17(2)12-19-14-28-25(27-4)30-22(19)26-3/h5-14H,3,15H2,1-2,4H3,(H,29,31)(H,27,28,30)/b17-12+. The minimum absolute atomic E-state index is 0.0299. The lowest BCUT2D eigenvalue weighted by atomic mass is 9.99. The fraction of sp³-hybridized carbons (Fsp3) is 0.160. The van der Waals surface area contributed by atoms with Crippen molar-refractivity contribution in [3.8, 4) is 0 Å². The van der Waals surface area contributed by atoms with Crippen LogP contribution in [0, 0.1) is 6.92 Å². The van der Waals surface area contributed by atoms with Crippen molar-refractivity contribution >= 4 is 47.7 Å². The molecule has 0 aliphatic carbocycles. The Hall–Kier alpha value is -4.33. The van der Waals surface area contributed by atoms with E-state index in [1.165, 1.54) is 0 Å². The predicted octanol–water partition coefficient (Wildman–Crippen LogP) is 4.40. The van der Waals surface area contributed by atoms with Crippen molar-refractivity contribution < 1.29 is 14.3 Å². The lowest BCUT2D eigenvalue weighted by molar-refractivity contribution is -0.153. The van der Waals surface area contributed by atoms with Crippen LogP contribution in [0.2, 0.25) is 0 Å². The number of amides is 1. The van der Waals surface area contributed by atoms with Crippen molar-refractivity contribution in [1.82, 2.24) is 9.97 Å². The summed E-state index contributed by atoms with van der Waals surface area (Å²) in [6.07, 6.45) is 3.56. The number of carbonyl (C=O) groups is 2. The zero-order valence-electron chi connectivity index (χ0n) is 18.8. The molecule has 0 aliphatic rings. The molecule has 168 valence electrons. The highest BCUT2D eigenvalue weighted by molar-refractivity contribution is 6.37. The summed E-state index contributed by atoms with van der Waals surface area (Å²) >= 11 is 0. The third kappa shape index (κ3) is 6.10. The fourth-order valence-electron chi connectivity index (χ4n) is 3.14. The van der Waals surface area contributed by atoms with Crippen LogP contribution in [-0.2, 0) is 20.9 Å². The number of aliphatic imine (C=N–C) groups is 1. The Morgan fingerprint density at radius 3 is 2.64 bits per heavy atom. The van der Waals surface area contributed by atoms with Crippen molar-refractivity contribution in [2.75, 3.05) is 17.7 Å². The SMILES string of the molecule is C=Nc1nc(NC)ncc1/C=C(\C)c1cc(NC(=O)C(=O)OCc2ccccc2)ccc1C. The molecular weight excluding hydrogens is 418 g/mol. The number of aromatic nitrogens is 2. The summed E-state index contributed by atoms with van der Waals surface area (Å²) in [7, 11) is 1.73. The van der Waals surface area contributed by atoms with E-state index in [4.69, 9.17) is 4.74 Å². The summed E-state index contributed by atoms with van der Waals surface area (Å²) in [5.74, 6) is -0.877. The van der Waals surface area contributed by atoms with Gasteiger partial charge in [-0.25, -0.2) is 14.8 Å². The van der Waals surface area contributed by atoms with Crippen molar-refractivity contribution in [2.24, 2.45) is 4.99 Å². The van der Waals surface area contributed by atoms with Gasteiger partial charge in [0, 0.05) is 24.5 Å². The van der Waals surface area contributed by atoms with E-state index in [1.807, 2.05) is 56.3 Å². The van der Waals surface area contributed by atoms with E-state index in [9.17, 15) is 9.59 Å². The Kier molecular flexibility index (Phi) is 7.64. The molecule has 3 rings (SSSR count). The summed E-state index contributed by atoms with van der Waals surface area (Å²) in [6, 6.07) is 14.6. The number of aryl methyl sites for hydroxylation is 1. The minimum atomic E-state index is -0.947. The van der Waals surface area contributed by atoms with Crippen molar-refractivity contribution in [2.45, 2.75) is 20.5 Å². The van der Waals surface area contributed by atoms with Gasteiger partial charge in [0.05, 0.1) is 0 Å². The Balaban J connectivity index is 1.75. The van der Waals surface area contributed by atoms with Crippen molar-refractivity contribution in [3.63, 3.8) is 0 Å². The largest absolute Gasteiger partial charge is 0.454 e. The second-order valence-corrected chi connectivity index (χ2v) is 7.25. The Bertz CT molecular complexity index is 1210. The lowest BCUT2D eigenvalue weighted by Crippen LogP contribution is -2.25. The minimum Gasteiger partial charge on any atom is -0.454 e. The zero-order chi connectivity index (χ0) is 23.8. The quantitative estimate of drug-likeness (QED) is 0.319. The third-order valence-electron chi connectivity index (χ3n) is 4.86. The van der Waals surface area contributed by atoms with Gasteiger partial charge in [-0.2, -0.15) is 4.98 Å². The van der Waals surface area contributed by atoms with E-state index in [-0.39, 0.29) is 6.61 Å². The molecule has 1 amide bonds. The molecule has 0 saturated heterocycles. The van der Waals surface area contributed by atoms with Crippen LogP contribution in [0.5, 0.6) is 0 Å². The molecule has 0 spiro atoms. The molecule has 0 bridgehead atoms. The summed E-state index contributed by atoms with van der Waals surface area (Å²) in [4.78, 5) is 36.9. The maximum atomic E-state index is 12.3. The topological polar surface area (TPSA) is 106 Å². The fourth-order valence-corrected chi connectivity index (χ4v) is 3.14. The van der Waals surface area contributed by atoms with Gasteiger partial charge in [0.2, 0.25) is 5.95 Å². The number of nitrogens with zero attached hydrogens (tertiary/aromatic N) is 3. The van der Waals surface area contributed by atoms with Crippen molar-refractivity contribution in [1.29, 1.82) is 0 Å². The van der Waals surface area contributed by atoms with Gasteiger partial charge in [0.1, 0.15) is 6.61 Å². The van der Waals surface area contributed by atoms with Gasteiger partial charge >= 0.3 is 11.9 Å². The maximum Gasteiger partial charge on any atom is 0.397 e. The second-order valence-electron chi connectivity index (χ2n) is 7.25. The molecule has 0 aliphatic heterocycles. The molecule has 2 N–H and O–H groups in total. The molecule has 1 heterocycles. The Morgan fingerprint density at radius 1 is 1.18 bits per heavy atom. The molecule has 0 atom stereocenters. The number of anilines is 2. The van der Waals surface area contributed by atoms with Gasteiger partial charge in [-0.15, -0.1) is 0 Å². The number of allylic oxidation sites excluding steroid dienone is 1. The monoisotopic (exact) mass is 443 g/mol. The predicted molar refractivity (Wildman–Crippen MR) is 130 cm³/mol.